The smallest absolute Gasteiger partial charge is 0.232 e. The highest BCUT2D eigenvalue weighted by atomic mass is 35.5. The predicted octanol–water partition coefficient (Wildman–Crippen LogP) is 7.33. The number of hydrogen-bond acceptors (Lipinski definition) is 3. The van der Waals surface area contributed by atoms with Gasteiger partial charge in [0.1, 0.15) is 11.9 Å². The van der Waals surface area contributed by atoms with E-state index in [0.717, 1.165) is 84.5 Å². The molecule has 1 aliphatic carbocycles. The molecule has 0 saturated carbocycles. The molecule has 40 heavy (non-hydrogen) atoms. The van der Waals surface area contributed by atoms with Crippen molar-refractivity contribution in [3.05, 3.63) is 98.5 Å². The van der Waals surface area contributed by atoms with Gasteiger partial charge in [0.15, 0.2) is 0 Å². The lowest BCUT2D eigenvalue weighted by Crippen LogP contribution is -2.26. The number of halogens is 3. The molecular formula is C31H33Cl2FN2O3S. The first kappa shape index (κ1) is 29.2. The highest BCUT2D eigenvalue weighted by molar-refractivity contribution is 7.77. The number of benzene rings is 3. The molecule has 3 aromatic carbocycles. The summed E-state index contributed by atoms with van der Waals surface area (Å²) in [4.78, 5) is 2.26. The third-order valence-electron chi connectivity index (χ3n) is 7.55. The molecule has 1 heterocycles. The molecule has 0 radical (unpaired) electrons. The Bertz CT molecular complexity index is 1400. The Hall–Kier alpha value is -2.26. The largest absolute Gasteiger partial charge is 0.489 e. The molecule has 2 atom stereocenters. The van der Waals surface area contributed by atoms with E-state index in [-0.39, 0.29) is 12.8 Å². The summed E-state index contributed by atoms with van der Waals surface area (Å²) in [5.74, 6) is 0.819. The van der Waals surface area contributed by atoms with Crippen molar-refractivity contribution in [3.8, 4) is 5.75 Å². The third-order valence-corrected chi connectivity index (χ3v) is 8.49. The highest BCUT2D eigenvalue weighted by Gasteiger charge is 2.25. The van der Waals surface area contributed by atoms with Crippen molar-refractivity contribution in [1.82, 2.24) is 9.62 Å². The molecule has 2 N–H and O–H groups in total. The number of alkyl halides is 1. The van der Waals surface area contributed by atoms with E-state index >= 15 is 0 Å². The number of allylic oxidation sites excluding steroid dienone is 1. The second-order valence-electron chi connectivity index (χ2n) is 10.3. The van der Waals surface area contributed by atoms with Gasteiger partial charge < -0.3 is 4.74 Å². The normalized spacial score (nSPS) is 18.4. The maximum Gasteiger partial charge on any atom is 0.232 e. The summed E-state index contributed by atoms with van der Waals surface area (Å²) in [6.07, 6.45) is 4.27. The number of likely N-dealkylation sites (tertiary alicyclic amines) is 1. The average Bonchev–Trinajstić information content (AvgIpc) is 3.30. The lowest BCUT2D eigenvalue weighted by molar-refractivity contribution is 0.198. The van der Waals surface area contributed by atoms with E-state index in [1.54, 1.807) is 6.07 Å². The zero-order chi connectivity index (χ0) is 28.1. The van der Waals surface area contributed by atoms with Crippen LogP contribution in [0.3, 0.4) is 0 Å². The SMILES string of the molecule is O=S(O)NCc1ccc2c(c1)CCCC(c1ccc(Cl)cc1Cl)=C2c1ccc(O[C@H]2CCN(CCCF)C2)cc1. The second kappa shape index (κ2) is 13.6. The molecule has 212 valence electrons. The quantitative estimate of drug-likeness (QED) is 0.238. The van der Waals surface area contributed by atoms with Crippen LogP contribution < -0.4 is 9.46 Å². The van der Waals surface area contributed by atoms with Gasteiger partial charge in [0.05, 0.1) is 6.67 Å². The summed E-state index contributed by atoms with van der Waals surface area (Å²) < 4.78 is 41.7. The van der Waals surface area contributed by atoms with Gasteiger partial charge >= 0.3 is 0 Å². The van der Waals surface area contributed by atoms with E-state index in [9.17, 15) is 8.60 Å². The second-order valence-corrected chi connectivity index (χ2v) is 11.9. The van der Waals surface area contributed by atoms with E-state index in [1.807, 2.05) is 30.3 Å². The van der Waals surface area contributed by atoms with Crippen LogP contribution in [0.4, 0.5) is 4.39 Å². The molecule has 0 bridgehead atoms. The average molecular weight is 604 g/mol. The summed E-state index contributed by atoms with van der Waals surface area (Å²) in [5, 5.41) is 1.22. The van der Waals surface area contributed by atoms with Gasteiger partial charge in [-0.15, -0.1) is 0 Å². The molecule has 5 rings (SSSR count). The lowest BCUT2D eigenvalue weighted by Gasteiger charge is -2.19. The number of rotatable bonds is 10. The number of ether oxygens (including phenoxy) is 1. The van der Waals surface area contributed by atoms with Crippen LogP contribution in [0.2, 0.25) is 10.0 Å². The molecule has 1 saturated heterocycles. The van der Waals surface area contributed by atoms with Gasteiger partial charge in [0.2, 0.25) is 11.3 Å². The highest BCUT2D eigenvalue weighted by Crippen LogP contribution is 2.42. The molecule has 0 amide bonds. The molecule has 5 nitrogen and oxygen atoms in total. The van der Waals surface area contributed by atoms with E-state index in [2.05, 4.69) is 33.9 Å². The fraction of sp³-hybridized carbons (Fsp3) is 0.355. The predicted molar refractivity (Wildman–Crippen MR) is 162 cm³/mol. The van der Waals surface area contributed by atoms with Gasteiger partial charge in [0, 0.05) is 36.2 Å². The Morgan fingerprint density at radius 2 is 1.85 bits per heavy atom. The standard InChI is InChI=1S/C31H33Cl2FN2O3S/c32-24-8-12-28(30(33)18-24)29-4-1-3-23-17-21(19-35-40(37)38)5-11-27(23)31(29)22-6-9-25(10-7-22)39-26-13-16-36(20-26)15-2-14-34/h5-12,17-18,26,35H,1-4,13-16,19-20H2,(H,37,38)/t26-/m0/s1. The minimum Gasteiger partial charge on any atom is -0.489 e. The van der Waals surface area contributed by atoms with Gasteiger partial charge in [0.25, 0.3) is 0 Å². The maximum absolute atomic E-state index is 12.6. The fourth-order valence-corrected chi connectivity index (χ4v) is 6.51. The Labute approximate surface area is 247 Å². The van der Waals surface area contributed by atoms with Gasteiger partial charge in [-0.1, -0.05) is 59.6 Å². The Morgan fingerprint density at radius 3 is 2.60 bits per heavy atom. The Balaban J connectivity index is 1.49. The zero-order valence-electron chi connectivity index (χ0n) is 22.2. The van der Waals surface area contributed by atoms with Crippen LogP contribution in [-0.4, -0.2) is 46.1 Å². The lowest BCUT2D eigenvalue weighted by atomic mass is 9.87. The van der Waals surface area contributed by atoms with Crippen molar-refractivity contribution >= 4 is 45.6 Å². The number of nitrogens with zero attached hydrogens (tertiary/aromatic N) is 1. The maximum atomic E-state index is 12.6. The summed E-state index contributed by atoms with van der Waals surface area (Å²) in [6, 6.07) is 20.1. The van der Waals surface area contributed by atoms with Crippen molar-refractivity contribution in [2.24, 2.45) is 0 Å². The molecule has 2 aliphatic rings. The number of hydrogen-bond donors (Lipinski definition) is 2. The molecule has 0 aromatic heterocycles. The van der Waals surface area contributed by atoms with Crippen molar-refractivity contribution in [2.75, 3.05) is 26.3 Å². The number of aryl methyl sites for hydroxylation is 1. The van der Waals surface area contributed by atoms with Crippen LogP contribution in [0.25, 0.3) is 11.1 Å². The van der Waals surface area contributed by atoms with Gasteiger partial charge in [-0.2, -0.15) is 0 Å². The summed E-state index contributed by atoms with van der Waals surface area (Å²) in [7, 11) is 0. The van der Waals surface area contributed by atoms with Crippen LogP contribution in [0.15, 0.2) is 60.7 Å². The number of fused-ring (bicyclic) bond motifs is 1. The number of nitrogens with one attached hydrogen (secondary N) is 1. The molecule has 1 unspecified atom stereocenters. The first-order valence-corrected chi connectivity index (χ1v) is 15.5. The van der Waals surface area contributed by atoms with Crippen molar-refractivity contribution < 1.29 is 17.9 Å². The first-order chi connectivity index (χ1) is 19.4. The Morgan fingerprint density at radius 1 is 1.05 bits per heavy atom. The summed E-state index contributed by atoms with van der Waals surface area (Å²) in [5.41, 5.74) is 7.58. The van der Waals surface area contributed by atoms with Gasteiger partial charge in [-0.25, -0.2) is 8.93 Å². The van der Waals surface area contributed by atoms with Crippen molar-refractivity contribution in [2.45, 2.75) is 44.8 Å². The monoisotopic (exact) mass is 602 g/mol. The van der Waals surface area contributed by atoms with Crippen LogP contribution in [-0.2, 0) is 24.2 Å². The molecule has 9 heteroatoms. The van der Waals surface area contributed by atoms with E-state index in [4.69, 9.17) is 32.5 Å². The zero-order valence-corrected chi connectivity index (χ0v) is 24.5. The molecule has 1 fully saturated rings. The van der Waals surface area contributed by atoms with E-state index in [1.165, 1.54) is 5.56 Å². The minimum atomic E-state index is -2.07. The molecular weight excluding hydrogens is 570 g/mol. The van der Waals surface area contributed by atoms with Crippen LogP contribution >= 0.6 is 23.2 Å². The van der Waals surface area contributed by atoms with E-state index < -0.39 is 11.3 Å². The fourth-order valence-electron chi connectivity index (χ4n) is 5.70. The van der Waals surface area contributed by atoms with Crippen molar-refractivity contribution in [3.63, 3.8) is 0 Å². The summed E-state index contributed by atoms with van der Waals surface area (Å²) in [6.45, 7) is 2.55. The first-order valence-electron chi connectivity index (χ1n) is 13.6. The van der Waals surface area contributed by atoms with Crippen molar-refractivity contribution in [1.29, 1.82) is 0 Å². The molecule has 3 aromatic rings. The van der Waals surface area contributed by atoms with Crippen LogP contribution in [0.5, 0.6) is 5.75 Å². The van der Waals surface area contributed by atoms with Gasteiger partial charge in [-0.3, -0.25) is 13.8 Å². The van der Waals surface area contributed by atoms with Crippen LogP contribution in [0, 0.1) is 0 Å². The third kappa shape index (κ3) is 7.14. The molecule has 0 spiro atoms. The Kier molecular flexibility index (Phi) is 9.94. The molecule has 1 aliphatic heterocycles. The topological polar surface area (TPSA) is 61.8 Å². The van der Waals surface area contributed by atoms with Gasteiger partial charge in [-0.05, 0) is 95.3 Å². The van der Waals surface area contributed by atoms with Crippen LogP contribution in [0.1, 0.15) is 53.5 Å². The minimum absolute atomic E-state index is 0.104. The summed E-state index contributed by atoms with van der Waals surface area (Å²) >= 11 is 10.9. The van der Waals surface area contributed by atoms with E-state index in [0.29, 0.717) is 23.0 Å².